The van der Waals surface area contributed by atoms with Crippen LogP contribution in [0.4, 0.5) is 0 Å². The highest BCUT2D eigenvalue weighted by Gasteiger charge is 2.21. The minimum Gasteiger partial charge on any atom is -0.383 e. The Morgan fingerprint density at radius 2 is 2.00 bits per heavy atom. The van der Waals surface area contributed by atoms with E-state index in [2.05, 4.69) is 34.4 Å². The molecular weight excluding hydrogens is 429 g/mol. The van der Waals surface area contributed by atoms with Gasteiger partial charge in [-0.2, -0.15) is 0 Å². The van der Waals surface area contributed by atoms with Gasteiger partial charge < -0.3 is 20.3 Å². The van der Waals surface area contributed by atoms with Crippen LogP contribution in [0, 0.1) is 5.92 Å². The van der Waals surface area contributed by atoms with Crippen LogP contribution in [0.25, 0.3) is 0 Å². The van der Waals surface area contributed by atoms with E-state index in [0.717, 1.165) is 38.7 Å². The molecule has 2 N–H and O–H groups in total. The zero-order chi connectivity index (χ0) is 17.2. The lowest BCUT2D eigenvalue weighted by Crippen LogP contribution is -2.51. The van der Waals surface area contributed by atoms with Crippen molar-refractivity contribution in [2.45, 2.75) is 38.6 Å². The topological polar surface area (TPSA) is 52.1 Å². The number of hydrogen-bond acceptors (Lipinski definition) is 4. The zero-order valence-corrected chi connectivity index (χ0v) is 18.6. The van der Waals surface area contributed by atoms with Crippen LogP contribution >= 0.6 is 24.0 Å². The van der Waals surface area contributed by atoms with Crippen LogP contribution in [-0.4, -0.2) is 88.4 Å². The number of guanidine groups is 1. The van der Waals surface area contributed by atoms with Gasteiger partial charge in [-0.3, -0.25) is 9.89 Å². The Balaban J connectivity index is 0.00000312. The summed E-state index contributed by atoms with van der Waals surface area (Å²) >= 11 is 0. The Labute approximate surface area is 171 Å². The monoisotopic (exact) mass is 467 g/mol. The fraction of sp³-hybridized carbons (Fsp3) is 0.944. The van der Waals surface area contributed by atoms with Crippen LogP contribution < -0.4 is 10.6 Å². The van der Waals surface area contributed by atoms with Gasteiger partial charge in [-0.05, 0) is 58.7 Å². The van der Waals surface area contributed by atoms with Crippen molar-refractivity contribution in [2.24, 2.45) is 10.9 Å². The van der Waals surface area contributed by atoms with Crippen molar-refractivity contribution in [3.05, 3.63) is 0 Å². The molecule has 0 aromatic heterocycles. The zero-order valence-electron chi connectivity index (χ0n) is 16.3. The van der Waals surface area contributed by atoms with Gasteiger partial charge in [0.25, 0.3) is 0 Å². The number of aliphatic imine (C=N–C) groups is 1. The molecule has 0 aliphatic carbocycles. The van der Waals surface area contributed by atoms with E-state index in [9.17, 15) is 0 Å². The van der Waals surface area contributed by atoms with Crippen molar-refractivity contribution in [3.63, 3.8) is 0 Å². The SMILES string of the molecule is CCNC(=NCC1CCCN(C)C1)NC1CCCN(CCOC)C1.I. The third-order valence-electron chi connectivity index (χ3n) is 5.03. The molecule has 2 unspecified atom stereocenters. The first-order valence-corrected chi connectivity index (χ1v) is 9.66. The van der Waals surface area contributed by atoms with Crippen LogP contribution in [0.3, 0.4) is 0 Å². The molecule has 2 saturated heterocycles. The summed E-state index contributed by atoms with van der Waals surface area (Å²) in [5.41, 5.74) is 0. The molecule has 0 bridgehead atoms. The second-order valence-corrected chi connectivity index (χ2v) is 7.27. The predicted molar refractivity (Wildman–Crippen MR) is 116 cm³/mol. The molecule has 0 aromatic rings. The molecule has 0 radical (unpaired) electrons. The maximum Gasteiger partial charge on any atom is 0.191 e. The third-order valence-corrected chi connectivity index (χ3v) is 5.03. The largest absolute Gasteiger partial charge is 0.383 e. The van der Waals surface area contributed by atoms with Crippen LogP contribution in [0.2, 0.25) is 0 Å². The van der Waals surface area contributed by atoms with Gasteiger partial charge >= 0.3 is 0 Å². The van der Waals surface area contributed by atoms with Crippen molar-refractivity contribution in [1.82, 2.24) is 20.4 Å². The van der Waals surface area contributed by atoms with Gasteiger partial charge in [0.1, 0.15) is 0 Å². The molecule has 25 heavy (non-hydrogen) atoms. The molecule has 2 fully saturated rings. The Morgan fingerprint density at radius 3 is 2.72 bits per heavy atom. The van der Waals surface area contributed by atoms with Crippen molar-refractivity contribution in [2.75, 3.05) is 66.6 Å². The van der Waals surface area contributed by atoms with Gasteiger partial charge in [-0.1, -0.05) is 0 Å². The molecule has 0 spiro atoms. The number of hydrogen-bond donors (Lipinski definition) is 2. The minimum absolute atomic E-state index is 0. The molecule has 2 aliphatic heterocycles. The van der Waals surface area contributed by atoms with E-state index in [-0.39, 0.29) is 24.0 Å². The number of piperidine rings is 2. The number of likely N-dealkylation sites (tertiary alicyclic amines) is 2. The normalized spacial score (nSPS) is 26.1. The van der Waals surface area contributed by atoms with Crippen LogP contribution in [0.1, 0.15) is 32.6 Å². The first kappa shape index (κ1) is 22.9. The second-order valence-electron chi connectivity index (χ2n) is 7.27. The Morgan fingerprint density at radius 1 is 1.20 bits per heavy atom. The maximum absolute atomic E-state index is 5.21. The van der Waals surface area contributed by atoms with Gasteiger partial charge in [-0.15, -0.1) is 24.0 Å². The van der Waals surface area contributed by atoms with Crippen molar-refractivity contribution >= 4 is 29.9 Å². The van der Waals surface area contributed by atoms with Crippen LogP contribution in [-0.2, 0) is 4.74 Å². The lowest BCUT2D eigenvalue weighted by atomic mass is 9.99. The standard InChI is InChI=1S/C18H37N5O.HI/c1-4-19-18(20-13-16-7-5-9-22(2)14-16)21-17-8-6-10-23(15-17)11-12-24-3;/h16-17H,4-15H2,1-3H3,(H2,19,20,21);1H. The highest BCUT2D eigenvalue weighted by atomic mass is 127. The van der Waals surface area contributed by atoms with Crippen LogP contribution in [0.5, 0.6) is 0 Å². The fourth-order valence-corrected chi connectivity index (χ4v) is 3.75. The first-order valence-electron chi connectivity index (χ1n) is 9.66. The summed E-state index contributed by atoms with van der Waals surface area (Å²) in [5, 5.41) is 7.08. The van der Waals surface area contributed by atoms with Crippen molar-refractivity contribution in [1.29, 1.82) is 0 Å². The van der Waals surface area contributed by atoms with E-state index in [1.165, 1.54) is 45.3 Å². The van der Waals surface area contributed by atoms with Crippen molar-refractivity contribution in [3.8, 4) is 0 Å². The molecule has 148 valence electrons. The summed E-state index contributed by atoms with van der Waals surface area (Å²) in [6.07, 6.45) is 5.08. The lowest BCUT2D eigenvalue weighted by Gasteiger charge is -2.34. The smallest absolute Gasteiger partial charge is 0.191 e. The number of ether oxygens (including phenoxy) is 1. The van der Waals surface area contributed by atoms with Crippen molar-refractivity contribution < 1.29 is 4.74 Å². The molecule has 2 aliphatic rings. The average Bonchev–Trinajstić information content (AvgIpc) is 2.58. The van der Waals surface area contributed by atoms with E-state index in [0.29, 0.717) is 12.0 Å². The molecule has 2 atom stereocenters. The minimum atomic E-state index is 0. The van der Waals surface area contributed by atoms with E-state index < -0.39 is 0 Å². The molecule has 0 amide bonds. The first-order chi connectivity index (χ1) is 11.7. The lowest BCUT2D eigenvalue weighted by molar-refractivity contribution is 0.126. The van der Waals surface area contributed by atoms with Gasteiger partial charge in [0.15, 0.2) is 5.96 Å². The van der Waals surface area contributed by atoms with Crippen LogP contribution in [0.15, 0.2) is 4.99 Å². The summed E-state index contributed by atoms with van der Waals surface area (Å²) in [6.45, 7) is 10.5. The number of halogens is 1. The second kappa shape index (κ2) is 13.1. The van der Waals surface area contributed by atoms with Gasteiger partial charge in [0.2, 0.25) is 0 Å². The quantitative estimate of drug-likeness (QED) is 0.339. The Hall–Kier alpha value is -0.120. The number of nitrogens with one attached hydrogen (secondary N) is 2. The fourth-order valence-electron chi connectivity index (χ4n) is 3.75. The molecule has 6 nitrogen and oxygen atoms in total. The predicted octanol–water partition coefficient (Wildman–Crippen LogP) is 1.61. The molecule has 2 rings (SSSR count). The van der Waals surface area contributed by atoms with E-state index in [4.69, 9.17) is 9.73 Å². The summed E-state index contributed by atoms with van der Waals surface area (Å²) in [7, 11) is 3.99. The highest BCUT2D eigenvalue weighted by Crippen LogP contribution is 2.15. The van der Waals surface area contributed by atoms with E-state index in [1.807, 2.05) is 0 Å². The van der Waals surface area contributed by atoms with Gasteiger partial charge in [0, 0.05) is 45.9 Å². The molecule has 0 saturated carbocycles. The van der Waals surface area contributed by atoms with E-state index >= 15 is 0 Å². The number of methoxy groups -OCH3 is 1. The summed E-state index contributed by atoms with van der Waals surface area (Å²) in [6, 6.07) is 0.488. The summed E-state index contributed by atoms with van der Waals surface area (Å²) in [4.78, 5) is 9.80. The molecule has 7 heteroatoms. The average molecular weight is 467 g/mol. The molecular formula is C18H38IN5O. The summed E-state index contributed by atoms with van der Waals surface area (Å²) < 4.78 is 5.21. The van der Waals surface area contributed by atoms with Gasteiger partial charge in [0.05, 0.1) is 6.61 Å². The third kappa shape index (κ3) is 8.88. The van der Waals surface area contributed by atoms with Gasteiger partial charge in [-0.25, -0.2) is 0 Å². The number of rotatable bonds is 7. The molecule has 2 heterocycles. The Bertz CT molecular complexity index is 382. The molecule has 0 aromatic carbocycles. The summed E-state index contributed by atoms with van der Waals surface area (Å²) in [5.74, 6) is 1.69. The maximum atomic E-state index is 5.21. The number of nitrogens with zero attached hydrogens (tertiary/aromatic N) is 3. The highest BCUT2D eigenvalue weighted by molar-refractivity contribution is 14.0. The Kier molecular flexibility index (Phi) is 12.0. The van der Waals surface area contributed by atoms with E-state index in [1.54, 1.807) is 7.11 Å².